The Kier molecular flexibility index (Phi) is 6.48. The zero-order chi connectivity index (χ0) is 22.3. The summed E-state index contributed by atoms with van der Waals surface area (Å²) in [5.41, 5.74) is 7.21. The van der Waals surface area contributed by atoms with Crippen LogP contribution in [0, 0.1) is 0 Å². The van der Waals surface area contributed by atoms with Gasteiger partial charge in [-0.3, -0.25) is 10.3 Å². The largest absolute Gasteiger partial charge is 0.493 e. The van der Waals surface area contributed by atoms with Gasteiger partial charge in [0.25, 0.3) is 0 Å². The van der Waals surface area contributed by atoms with Crippen LogP contribution in [0.4, 0.5) is 11.5 Å². The molecule has 0 saturated carbocycles. The van der Waals surface area contributed by atoms with Crippen molar-refractivity contribution in [2.24, 2.45) is 0 Å². The molecule has 0 fully saturated rings. The molecule has 0 spiro atoms. The molecule has 4 aromatic rings. The van der Waals surface area contributed by atoms with Gasteiger partial charge >= 0.3 is 0 Å². The Morgan fingerprint density at radius 3 is 2.34 bits per heavy atom. The second-order valence-corrected chi connectivity index (χ2v) is 7.00. The molecule has 7 heteroatoms. The number of aromatic nitrogens is 2. The second kappa shape index (κ2) is 9.80. The van der Waals surface area contributed by atoms with E-state index >= 15 is 0 Å². The highest BCUT2D eigenvalue weighted by Crippen LogP contribution is 2.34. The maximum Gasteiger partial charge on any atom is 0.162 e. The molecule has 162 valence electrons. The van der Waals surface area contributed by atoms with Gasteiger partial charge in [0.05, 0.1) is 32.0 Å². The number of rotatable bonds is 9. The number of hydroxylamine groups is 1. The number of ether oxygens (including phenoxy) is 2. The van der Waals surface area contributed by atoms with Crippen molar-refractivity contribution in [3.05, 3.63) is 90.8 Å². The van der Waals surface area contributed by atoms with E-state index in [-0.39, 0.29) is 0 Å². The number of fused-ring (bicyclic) bond motifs is 1. The standard InChI is InChI=1S/C25H24N4O3/c1-17(29-32-15-18-7-5-4-6-8-18)19-9-11-20(12-10-19)28-25-21-13-23(30-2)24(31-3)14-22(21)26-16-27-25/h4-14,16,29H,1,15H2,2-3H3,(H,26,27,28). The number of methoxy groups -OCH3 is 2. The molecule has 32 heavy (non-hydrogen) atoms. The molecule has 0 saturated heterocycles. The highest BCUT2D eigenvalue weighted by Gasteiger charge is 2.11. The maximum atomic E-state index is 5.55. The Bertz CT molecular complexity index is 1210. The molecule has 7 nitrogen and oxygen atoms in total. The fourth-order valence-corrected chi connectivity index (χ4v) is 3.21. The summed E-state index contributed by atoms with van der Waals surface area (Å²) in [7, 11) is 3.20. The monoisotopic (exact) mass is 428 g/mol. The minimum Gasteiger partial charge on any atom is -0.493 e. The van der Waals surface area contributed by atoms with Crippen molar-refractivity contribution in [3.63, 3.8) is 0 Å². The van der Waals surface area contributed by atoms with Crippen molar-refractivity contribution in [3.8, 4) is 11.5 Å². The van der Waals surface area contributed by atoms with E-state index in [1.165, 1.54) is 6.33 Å². The summed E-state index contributed by atoms with van der Waals surface area (Å²) in [6, 6.07) is 21.5. The molecule has 4 rings (SSSR count). The highest BCUT2D eigenvalue weighted by atomic mass is 16.6. The fraction of sp³-hybridized carbons (Fsp3) is 0.120. The van der Waals surface area contributed by atoms with Gasteiger partial charge in [0, 0.05) is 17.1 Å². The minimum atomic E-state index is 0.453. The third-order valence-electron chi connectivity index (χ3n) is 4.91. The summed E-state index contributed by atoms with van der Waals surface area (Å²) in [5.74, 6) is 1.91. The first-order chi connectivity index (χ1) is 15.7. The molecule has 0 atom stereocenters. The third-order valence-corrected chi connectivity index (χ3v) is 4.91. The summed E-state index contributed by atoms with van der Waals surface area (Å²) in [6.07, 6.45) is 1.51. The number of nitrogens with zero attached hydrogens (tertiary/aromatic N) is 2. The topological polar surface area (TPSA) is 77.5 Å². The van der Waals surface area contributed by atoms with Gasteiger partial charge in [-0.1, -0.05) is 49.0 Å². The maximum absolute atomic E-state index is 5.55. The van der Waals surface area contributed by atoms with Crippen LogP contribution in [0.5, 0.6) is 11.5 Å². The molecule has 0 aliphatic heterocycles. The van der Waals surface area contributed by atoms with E-state index in [0.717, 1.165) is 27.7 Å². The lowest BCUT2D eigenvalue weighted by atomic mass is 10.1. The quantitative estimate of drug-likeness (QED) is 0.360. The minimum absolute atomic E-state index is 0.453. The van der Waals surface area contributed by atoms with Crippen LogP contribution in [0.1, 0.15) is 11.1 Å². The van der Waals surface area contributed by atoms with Crippen molar-refractivity contribution < 1.29 is 14.3 Å². The molecule has 1 heterocycles. The number of nitrogens with one attached hydrogen (secondary N) is 2. The summed E-state index contributed by atoms with van der Waals surface area (Å²) in [4.78, 5) is 14.3. The van der Waals surface area contributed by atoms with Crippen molar-refractivity contribution >= 4 is 28.1 Å². The van der Waals surface area contributed by atoms with Gasteiger partial charge in [-0.15, -0.1) is 0 Å². The van der Waals surface area contributed by atoms with Crippen LogP contribution in [0.15, 0.2) is 79.6 Å². The molecule has 0 unspecified atom stereocenters. The van der Waals surface area contributed by atoms with Crippen molar-refractivity contribution in [2.45, 2.75) is 6.61 Å². The van der Waals surface area contributed by atoms with Gasteiger partial charge < -0.3 is 14.8 Å². The molecule has 3 aromatic carbocycles. The normalized spacial score (nSPS) is 10.6. The van der Waals surface area contributed by atoms with Gasteiger partial charge in [-0.25, -0.2) is 9.97 Å². The predicted octanol–water partition coefficient (Wildman–Crippen LogP) is 5.08. The van der Waals surface area contributed by atoms with E-state index in [2.05, 4.69) is 27.3 Å². The first kappa shape index (κ1) is 21.1. The predicted molar refractivity (Wildman–Crippen MR) is 126 cm³/mol. The second-order valence-electron chi connectivity index (χ2n) is 7.00. The summed E-state index contributed by atoms with van der Waals surface area (Å²) in [6.45, 7) is 4.50. The molecule has 0 aliphatic rings. The fourth-order valence-electron chi connectivity index (χ4n) is 3.21. The van der Waals surface area contributed by atoms with E-state index in [4.69, 9.17) is 14.3 Å². The lowest BCUT2D eigenvalue weighted by Crippen LogP contribution is -2.12. The van der Waals surface area contributed by atoms with Gasteiger partial charge in [0.2, 0.25) is 0 Å². The number of benzene rings is 3. The van der Waals surface area contributed by atoms with Crippen molar-refractivity contribution in [1.29, 1.82) is 0 Å². The van der Waals surface area contributed by atoms with Crippen LogP contribution < -0.4 is 20.3 Å². The van der Waals surface area contributed by atoms with Gasteiger partial charge in [-0.2, -0.15) is 0 Å². The zero-order valence-corrected chi connectivity index (χ0v) is 18.0. The van der Waals surface area contributed by atoms with Crippen molar-refractivity contribution in [2.75, 3.05) is 19.5 Å². The molecule has 2 N–H and O–H groups in total. The molecular weight excluding hydrogens is 404 g/mol. The van der Waals surface area contributed by atoms with Gasteiger partial charge in [0.15, 0.2) is 11.5 Å². The Hall–Kier alpha value is -4.10. The van der Waals surface area contributed by atoms with E-state index in [1.54, 1.807) is 14.2 Å². The third kappa shape index (κ3) is 4.79. The first-order valence-electron chi connectivity index (χ1n) is 10.0. The van der Waals surface area contributed by atoms with Gasteiger partial charge in [-0.05, 0) is 29.3 Å². The number of hydrogen-bond donors (Lipinski definition) is 2. The van der Waals surface area contributed by atoms with Crippen LogP contribution in [-0.2, 0) is 11.4 Å². The Labute approximate surface area is 186 Å². The van der Waals surface area contributed by atoms with Gasteiger partial charge in [0.1, 0.15) is 12.1 Å². The zero-order valence-electron chi connectivity index (χ0n) is 18.0. The Balaban J connectivity index is 1.44. The summed E-state index contributed by atoms with van der Waals surface area (Å²) >= 11 is 0. The Morgan fingerprint density at radius 2 is 1.62 bits per heavy atom. The van der Waals surface area contributed by atoms with Crippen LogP contribution >= 0.6 is 0 Å². The van der Waals surface area contributed by atoms with E-state index in [0.29, 0.717) is 29.6 Å². The summed E-state index contributed by atoms with van der Waals surface area (Å²) in [5, 5.41) is 4.17. The van der Waals surface area contributed by atoms with E-state index in [9.17, 15) is 0 Å². The molecule has 0 aliphatic carbocycles. The highest BCUT2D eigenvalue weighted by molar-refractivity contribution is 5.93. The first-order valence-corrected chi connectivity index (χ1v) is 10.0. The van der Waals surface area contributed by atoms with E-state index < -0.39 is 0 Å². The average Bonchev–Trinajstić information content (AvgIpc) is 2.84. The molecule has 0 amide bonds. The SMILES string of the molecule is C=C(NOCc1ccccc1)c1ccc(Nc2ncnc3cc(OC)c(OC)cc23)cc1. The lowest BCUT2D eigenvalue weighted by Gasteiger charge is -2.13. The van der Waals surface area contributed by atoms with Crippen molar-refractivity contribution in [1.82, 2.24) is 15.4 Å². The smallest absolute Gasteiger partial charge is 0.162 e. The van der Waals surface area contributed by atoms with E-state index in [1.807, 2.05) is 66.7 Å². The lowest BCUT2D eigenvalue weighted by molar-refractivity contribution is 0.0648. The molecule has 1 aromatic heterocycles. The number of anilines is 2. The molecule has 0 bridgehead atoms. The Morgan fingerprint density at radius 1 is 0.906 bits per heavy atom. The summed E-state index contributed by atoms with van der Waals surface area (Å²) < 4.78 is 10.8. The number of hydrogen-bond acceptors (Lipinski definition) is 7. The van der Waals surface area contributed by atoms with Crippen LogP contribution in [0.3, 0.4) is 0 Å². The molecular formula is C25H24N4O3. The average molecular weight is 428 g/mol. The molecule has 0 radical (unpaired) electrons. The van der Waals surface area contributed by atoms with Crippen LogP contribution in [0.25, 0.3) is 16.6 Å². The van der Waals surface area contributed by atoms with Crippen LogP contribution in [0.2, 0.25) is 0 Å². The van der Waals surface area contributed by atoms with Crippen LogP contribution in [-0.4, -0.2) is 24.2 Å².